The van der Waals surface area contributed by atoms with E-state index in [2.05, 4.69) is 23.0 Å². The van der Waals surface area contributed by atoms with Gasteiger partial charge in [0.2, 0.25) is 5.91 Å². The summed E-state index contributed by atoms with van der Waals surface area (Å²) in [5.41, 5.74) is 1.96. The second kappa shape index (κ2) is 9.68. The molecule has 1 saturated heterocycles. The zero-order valence-corrected chi connectivity index (χ0v) is 18.6. The van der Waals surface area contributed by atoms with Gasteiger partial charge in [0.15, 0.2) is 0 Å². The number of aromatic nitrogens is 2. The Hall–Kier alpha value is -2.61. The molecule has 1 fully saturated rings. The van der Waals surface area contributed by atoms with Crippen LogP contribution < -0.4 is 0 Å². The van der Waals surface area contributed by atoms with Crippen LogP contribution in [0, 0.1) is 0 Å². The number of aliphatic hydroxyl groups is 1. The number of piperidine rings is 1. The summed E-state index contributed by atoms with van der Waals surface area (Å²) in [5.74, 6) is 0.115. The van der Waals surface area contributed by atoms with Gasteiger partial charge in [-0.2, -0.15) is 0 Å². The van der Waals surface area contributed by atoms with Crippen molar-refractivity contribution in [3.8, 4) is 0 Å². The highest BCUT2D eigenvalue weighted by molar-refractivity contribution is 7.09. The number of nitrogens with zero attached hydrogens (tertiary/aromatic N) is 4. The number of carbonyl (C=O) groups is 1. The number of pyridine rings is 1. The zero-order chi connectivity index (χ0) is 21.7. The SMILES string of the molecule is CN(Cc1cccnc1)Cc1nc(C2(O)CCN(C(=O)Cc3ccccc3)CC2)cs1. The first-order chi connectivity index (χ1) is 15.0. The Kier molecular flexibility index (Phi) is 6.75. The van der Waals surface area contributed by atoms with Crippen molar-refractivity contribution in [3.63, 3.8) is 0 Å². The van der Waals surface area contributed by atoms with Gasteiger partial charge in [-0.05, 0) is 37.1 Å². The van der Waals surface area contributed by atoms with Gasteiger partial charge in [0.1, 0.15) is 10.6 Å². The van der Waals surface area contributed by atoms with Crippen molar-refractivity contribution in [3.05, 3.63) is 82.1 Å². The minimum Gasteiger partial charge on any atom is -0.383 e. The Bertz CT molecular complexity index is 985. The molecule has 1 aromatic carbocycles. The highest BCUT2D eigenvalue weighted by atomic mass is 32.1. The monoisotopic (exact) mass is 436 g/mol. The van der Waals surface area contributed by atoms with E-state index in [1.807, 2.05) is 52.9 Å². The minimum absolute atomic E-state index is 0.115. The maximum atomic E-state index is 12.6. The summed E-state index contributed by atoms with van der Waals surface area (Å²) in [6.45, 7) is 2.62. The van der Waals surface area contributed by atoms with Gasteiger partial charge in [0, 0.05) is 37.4 Å². The van der Waals surface area contributed by atoms with Crippen LogP contribution in [0.2, 0.25) is 0 Å². The Morgan fingerprint density at radius 2 is 1.87 bits per heavy atom. The first kappa shape index (κ1) is 21.6. The molecule has 6 nitrogen and oxygen atoms in total. The first-order valence-electron chi connectivity index (χ1n) is 10.6. The van der Waals surface area contributed by atoms with Crippen LogP contribution >= 0.6 is 11.3 Å². The molecule has 0 atom stereocenters. The number of hydrogen-bond donors (Lipinski definition) is 1. The number of thiazole rings is 1. The van der Waals surface area contributed by atoms with Crippen LogP contribution in [0.15, 0.2) is 60.2 Å². The fourth-order valence-electron chi connectivity index (χ4n) is 3.95. The quantitative estimate of drug-likeness (QED) is 0.616. The van der Waals surface area contributed by atoms with Crippen LogP contribution in [0.5, 0.6) is 0 Å². The molecule has 3 aromatic rings. The fourth-order valence-corrected chi connectivity index (χ4v) is 4.92. The second-order valence-corrected chi connectivity index (χ2v) is 9.18. The fraction of sp³-hybridized carbons (Fsp3) is 0.375. The van der Waals surface area contributed by atoms with E-state index < -0.39 is 5.60 Å². The maximum absolute atomic E-state index is 12.6. The molecule has 0 saturated carbocycles. The van der Waals surface area contributed by atoms with E-state index >= 15 is 0 Å². The smallest absolute Gasteiger partial charge is 0.226 e. The van der Waals surface area contributed by atoms with Gasteiger partial charge in [-0.15, -0.1) is 11.3 Å². The summed E-state index contributed by atoms with van der Waals surface area (Å²) in [4.78, 5) is 25.6. The molecule has 1 aliphatic heterocycles. The Morgan fingerprint density at radius 1 is 1.13 bits per heavy atom. The van der Waals surface area contributed by atoms with E-state index in [1.165, 1.54) is 0 Å². The van der Waals surface area contributed by atoms with Crippen LogP contribution in [0.4, 0.5) is 0 Å². The van der Waals surface area contributed by atoms with Gasteiger partial charge in [-0.3, -0.25) is 14.7 Å². The van der Waals surface area contributed by atoms with Crippen molar-refractivity contribution in [2.75, 3.05) is 20.1 Å². The van der Waals surface area contributed by atoms with Gasteiger partial charge in [0.25, 0.3) is 0 Å². The molecule has 4 rings (SSSR count). The van der Waals surface area contributed by atoms with E-state index in [0.29, 0.717) is 32.4 Å². The van der Waals surface area contributed by atoms with E-state index in [4.69, 9.17) is 4.98 Å². The molecule has 0 bridgehead atoms. The molecule has 2 aromatic heterocycles. The Morgan fingerprint density at radius 3 is 2.58 bits per heavy atom. The van der Waals surface area contributed by atoms with Crippen LogP contribution in [0.1, 0.15) is 34.7 Å². The molecule has 31 heavy (non-hydrogen) atoms. The highest BCUT2D eigenvalue weighted by Crippen LogP contribution is 2.34. The van der Waals surface area contributed by atoms with Gasteiger partial charge in [-0.25, -0.2) is 4.98 Å². The Balaban J connectivity index is 1.31. The van der Waals surface area contributed by atoms with E-state index in [0.717, 1.165) is 34.9 Å². The lowest BCUT2D eigenvalue weighted by Crippen LogP contribution is -2.45. The lowest BCUT2D eigenvalue weighted by atomic mass is 9.88. The molecule has 7 heteroatoms. The molecule has 1 amide bonds. The van der Waals surface area contributed by atoms with Crippen LogP contribution in [-0.4, -0.2) is 50.9 Å². The van der Waals surface area contributed by atoms with Crippen molar-refractivity contribution in [2.45, 2.75) is 38.0 Å². The standard InChI is InChI=1S/C24H28N4O2S/c1-27(16-20-8-5-11-25-15-20)17-22-26-21(18-31-22)24(30)9-12-28(13-10-24)23(29)14-19-6-3-2-4-7-19/h2-8,11,15,18,30H,9-10,12-14,16-17H2,1H3. The predicted molar refractivity (Wildman–Crippen MR) is 121 cm³/mol. The normalized spacial score (nSPS) is 15.9. The molecule has 0 unspecified atom stereocenters. The number of rotatable bonds is 7. The second-order valence-electron chi connectivity index (χ2n) is 8.23. The molecular weight excluding hydrogens is 408 g/mol. The van der Waals surface area contributed by atoms with Gasteiger partial charge >= 0.3 is 0 Å². The van der Waals surface area contributed by atoms with E-state index in [1.54, 1.807) is 17.5 Å². The van der Waals surface area contributed by atoms with Crippen molar-refractivity contribution in [1.29, 1.82) is 0 Å². The molecule has 3 heterocycles. The first-order valence-corrected chi connectivity index (χ1v) is 11.5. The topological polar surface area (TPSA) is 69.6 Å². The number of hydrogen-bond acceptors (Lipinski definition) is 6. The molecule has 0 radical (unpaired) electrons. The summed E-state index contributed by atoms with van der Waals surface area (Å²) in [6, 6.07) is 13.8. The summed E-state index contributed by atoms with van der Waals surface area (Å²) in [7, 11) is 2.06. The predicted octanol–water partition coefficient (Wildman–Crippen LogP) is 3.22. The average Bonchev–Trinajstić information content (AvgIpc) is 3.25. The summed E-state index contributed by atoms with van der Waals surface area (Å²) >= 11 is 1.58. The summed E-state index contributed by atoms with van der Waals surface area (Å²) < 4.78 is 0. The minimum atomic E-state index is -0.958. The number of amides is 1. The maximum Gasteiger partial charge on any atom is 0.226 e. The molecule has 162 valence electrons. The van der Waals surface area contributed by atoms with Gasteiger partial charge in [0.05, 0.1) is 18.7 Å². The van der Waals surface area contributed by atoms with Crippen LogP contribution in [0.3, 0.4) is 0 Å². The number of likely N-dealkylation sites (tertiary alicyclic amines) is 1. The van der Waals surface area contributed by atoms with Crippen LogP contribution in [-0.2, 0) is 29.9 Å². The third kappa shape index (κ3) is 5.55. The number of carbonyl (C=O) groups excluding carboxylic acids is 1. The molecular formula is C24H28N4O2S. The lowest BCUT2D eigenvalue weighted by Gasteiger charge is -2.37. The summed E-state index contributed by atoms with van der Waals surface area (Å²) in [6.07, 6.45) is 5.09. The Labute approximate surface area is 187 Å². The van der Waals surface area contributed by atoms with Gasteiger partial charge < -0.3 is 10.0 Å². The van der Waals surface area contributed by atoms with Crippen LogP contribution in [0.25, 0.3) is 0 Å². The average molecular weight is 437 g/mol. The number of benzene rings is 1. The molecule has 1 aliphatic rings. The zero-order valence-electron chi connectivity index (χ0n) is 17.8. The lowest BCUT2D eigenvalue weighted by molar-refractivity contribution is -0.135. The molecule has 1 N–H and O–H groups in total. The third-order valence-electron chi connectivity index (χ3n) is 5.75. The van der Waals surface area contributed by atoms with Crippen molar-refractivity contribution < 1.29 is 9.90 Å². The van der Waals surface area contributed by atoms with Gasteiger partial charge in [-0.1, -0.05) is 36.4 Å². The summed E-state index contributed by atoms with van der Waals surface area (Å²) in [5, 5.41) is 14.1. The molecule has 0 aliphatic carbocycles. The van der Waals surface area contributed by atoms with Crippen molar-refractivity contribution >= 4 is 17.2 Å². The largest absolute Gasteiger partial charge is 0.383 e. The van der Waals surface area contributed by atoms with Crippen molar-refractivity contribution in [1.82, 2.24) is 19.8 Å². The molecule has 0 spiro atoms. The van der Waals surface area contributed by atoms with E-state index in [-0.39, 0.29) is 5.91 Å². The highest BCUT2D eigenvalue weighted by Gasteiger charge is 2.37. The third-order valence-corrected chi connectivity index (χ3v) is 6.58. The van der Waals surface area contributed by atoms with Crippen molar-refractivity contribution in [2.24, 2.45) is 0 Å². The van der Waals surface area contributed by atoms with E-state index in [9.17, 15) is 9.90 Å².